The molecule has 93 heavy (non-hydrogen) atoms. The Labute approximate surface area is 571 Å². The molecule has 4 aromatic heterocycles. The number of nitrogens with zero attached hydrogens (tertiary/aromatic N) is 8. The van der Waals surface area contributed by atoms with Gasteiger partial charge in [0.05, 0.1) is 33.3 Å². The molecule has 0 bridgehead atoms. The number of para-hydroxylation sites is 4. The van der Waals surface area contributed by atoms with Crippen LogP contribution in [-0.2, 0) is 32.7 Å². The van der Waals surface area contributed by atoms with Crippen molar-refractivity contribution in [2.45, 2.75) is 38.9 Å². The fourth-order valence-electron chi connectivity index (χ4n) is 11.2. The van der Waals surface area contributed by atoms with E-state index >= 15 is 0 Å². The summed E-state index contributed by atoms with van der Waals surface area (Å²) in [5, 5.41) is 28.0. The van der Waals surface area contributed by atoms with E-state index in [9.17, 15) is 0 Å². The van der Waals surface area contributed by atoms with Crippen LogP contribution in [0.1, 0.15) is 27.7 Å². The minimum atomic E-state index is -1.01. The van der Waals surface area contributed by atoms with Crippen LogP contribution in [0.3, 0.4) is 0 Å². The molecule has 16 aromatic rings. The molecule has 13 heteroatoms. The first kappa shape index (κ1) is 63.3. The Kier molecular flexibility index (Phi) is 18.8. The maximum atomic E-state index is 9.10. The van der Waals surface area contributed by atoms with Gasteiger partial charge >= 0.3 is 0 Å². The van der Waals surface area contributed by atoms with Gasteiger partial charge in [0.25, 0.3) is 0 Å². The van der Waals surface area contributed by atoms with Crippen molar-refractivity contribution in [2.75, 3.05) is 0 Å². The van der Waals surface area contributed by atoms with E-state index in [0.29, 0.717) is 29.1 Å². The molecule has 0 saturated carbocycles. The molecule has 0 aliphatic heterocycles. The fourth-order valence-corrected chi connectivity index (χ4v) is 11.3. The van der Waals surface area contributed by atoms with Gasteiger partial charge in [0.1, 0.15) is 7.85 Å². The van der Waals surface area contributed by atoms with Gasteiger partial charge in [0.2, 0.25) is 5.28 Å². The average Bonchev–Trinajstić information content (AvgIpc) is 1.66. The smallest absolute Gasteiger partial charge is 0.226 e. The van der Waals surface area contributed by atoms with E-state index in [1.165, 1.54) is 43.6 Å². The fraction of sp³-hybridized carbons (Fsp3) is 0.0750. The first-order valence-corrected chi connectivity index (χ1v) is 30.7. The molecule has 10 nitrogen and oxygen atoms in total. The number of aromatic nitrogens is 8. The van der Waals surface area contributed by atoms with Gasteiger partial charge in [-0.15, -0.1) is 0 Å². The summed E-state index contributed by atoms with van der Waals surface area (Å²) in [5.41, 5.74) is 10.6. The summed E-state index contributed by atoms with van der Waals surface area (Å²) in [5.74, 6) is 3.13. The molecule has 3 radical (unpaired) electrons. The Morgan fingerprint density at radius 2 is 0.581 bits per heavy atom. The number of aliphatic hydroxyl groups is 2. The predicted molar refractivity (Wildman–Crippen MR) is 380 cm³/mol. The Bertz CT molecular complexity index is 5160. The zero-order valence-electron chi connectivity index (χ0n) is 51.7. The first-order chi connectivity index (χ1) is 44.7. The Balaban J connectivity index is 0.000000135. The SMILES string of the molecule is CC(C)(O)C(C)(C)O.Clc1nc(-c2ccccc2)nc(-c2cccc3ccccc23)n1.[B]c1ccc(-n2c3ccccc3c3ccccc32)cc1.[Y].c1ccc(-c2nc(-c3ccc(-n4c5ccccc5c5ccccc54)cc3)nc(-c3cccc4ccccc34)n2)cc1. The second-order valence-electron chi connectivity index (χ2n) is 23.3. The molecule has 0 fully saturated rings. The second kappa shape index (κ2) is 27.5. The minimum absolute atomic E-state index is 0. The van der Waals surface area contributed by atoms with E-state index in [1.54, 1.807) is 27.7 Å². The monoisotopic (exact) mass is 1300 g/mol. The molecule has 0 aliphatic rings. The quantitative estimate of drug-likeness (QED) is 0.144. The van der Waals surface area contributed by atoms with Crippen molar-refractivity contribution in [1.29, 1.82) is 0 Å². The Morgan fingerprint density at radius 1 is 0.301 bits per heavy atom. The number of fused-ring (bicyclic) bond motifs is 8. The van der Waals surface area contributed by atoms with Crippen molar-refractivity contribution in [3.05, 3.63) is 296 Å². The number of benzene rings is 12. The largest absolute Gasteiger partial charge is 0.387 e. The summed E-state index contributed by atoms with van der Waals surface area (Å²) in [7, 11) is 5.80. The van der Waals surface area contributed by atoms with Crippen molar-refractivity contribution < 1.29 is 42.9 Å². The van der Waals surface area contributed by atoms with Gasteiger partial charge in [-0.2, -0.15) is 9.97 Å². The molecule has 0 aliphatic carbocycles. The van der Waals surface area contributed by atoms with Gasteiger partial charge in [-0.05, 0) is 122 Å². The van der Waals surface area contributed by atoms with E-state index in [4.69, 9.17) is 44.6 Å². The summed E-state index contributed by atoms with van der Waals surface area (Å²) >= 11 is 6.14. The van der Waals surface area contributed by atoms with Crippen LogP contribution in [0.2, 0.25) is 5.28 Å². The molecule has 0 unspecified atom stereocenters. The second-order valence-corrected chi connectivity index (χ2v) is 23.7. The van der Waals surface area contributed by atoms with Crippen LogP contribution in [0.15, 0.2) is 291 Å². The van der Waals surface area contributed by atoms with Gasteiger partial charge in [-0.1, -0.05) is 236 Å². The van der Waals surface area contributed by atoms with E-state index in [0.717, 1.165) is 66.2 Å². The van der Waals surface area contributed by atoms with Crippen LogP contribution < -0.4 is 5.46 Å². The van der Waals surface area contributed by atoms with Gasteiger partial charge < -0.3 is 19.3 Å². The molecule has 0 atom stereocenters. The molecular weight excluding hydrogens is 1240 g/mol. The molecule has 447 valence electrons. The number of halogens is 1. The normalized spacial score (nSPS) is 11.3. The maximum absolute atomic E-state index is 9.10. The predicted octanol–water partition coefficient (Wildman–Crippen LogP) is 18.2. The van der Waals surface area contributed by atoms with E-state index in [1.807, 2.05) is 97.1 Å². The summed E-state index contributed by atoms with van der Waals surface area (Å²) in [6, 6.07) is 99.3. The Morgan fingerprint density at radius 3 is 0.968 bits per heavy atom. The van der Waals surface area contributed by atoms with Gasteiger partial charge in [0, 0.05) is 93.4 Å². The van der Waals surface area contributed by atoms with Crippen LogP contribution in [0.5, 0.6) is 0 Å². The van der Waals surface area contributed by atoms with Crippen LogP contribution in [0.25, 0.3) is 133 Å². The third kappa shape index (κ3) is 13.6. The van der Waals surface area contributed by atoms with E-state index in [2.05, 4.69) is 218 Å². The van der Waals surface area contributed by atoms with Crippen molar-refractivity contribution in [3.8, 4) is 68.3 Å². The first-order valence-electron chi connectivity index (χ1n) is 30.4. The molecular formula is C80H62BClN8O2Y. The van der Waals surface area contributed by atoms with Crippen molar-refractivity contribution >= 4 is 90.1 Å². The molecule has 2 N–H and O–H groups in total. The summed E-state index contributed by atoms with van der Waals surface area (Å²) < 4.78 is 4.60. The minimum Gasteiger partial charge on any atom is -0.387 e. The molecule has 12 aromatic carbocycles. The molecule has 4 heterocycles. The van der Waals surface area contributed by atoms with Gasteiger partial charge in [0.15, 0.2) is 29.1 Å². The molecule has 0 spiro atoms. The van der Waals surface area contributed by atoms with Gasteiger partial charge in [-0.3, -0.25) is 0 Å². The third-order valence-corrected chi connectivity index (χ3v) is 16.7. The van der Waals surface area contributed by atoms with Crippen LogP contribution in [0, 0.1) is 0 Å². The van der Waals surface area contributed by atoms with Gasteiger partial charge in [-0.25, -0.2) is 19.9 Å². The summed E-state index contributed by atoms with van der Waals surface area (Å²) in [6.07, 6.45) is 0. The summed E-state index contributed by atoms with van der Waals surface area (Å²) in [4.78, 5) is 28.1. The van der Waals surface area contributed by atoms with Crippen LogP contribution in [0.4, 0.5) is 0 Å². The maximum Gasteiger partial charge on any atom is 0.226 e. The molecule has 0 saturated heterocycles. The topological polar surface area (TPSA) is 128 Å². The van der Waals surface area contributed by atoms with E-state index < -0.39 is 11.2 Å². The zero-order chi connectivity index (χ0) is 63.3. The zero-order valence-corrected chi connectivity index (χ0v) is 55.3. The van der Waals surface area contributed by atoms with E-state index in [-0.39, 0.29) is 38.0 Å². The van der Waals surface area contributed by atoms with Crippen molar-refractivity contribution in [2.24, 2.45) is 0 Å². The summed E-state index contributed by atoms with van der Waals surface area (Å²) in [6.45, 7) is 6.31. The van der Waals surface area contributed by atoms with Crippen LogP contribution in [-0.4, -0.2) is 68.3 Å². The number of rotatable bonds is 8. The third-order valence-electron chi connectivity index (χ3n) is 16.6. The standard InChI is InChI=1S/C37H24N4.C19H12ClN3.C18H12BN.C6H14O2.Y/c1-2-12-26(13-3-1)35-38-36(40-37(39-35)32-18-10-14-25-11-4-5-15-29(25)32)27-21-23-28(24-22-27)41-33-19-8-6-16-30(33)31-17-7-9-20-34(31)41;20-19-22-17(14-8-2-1-3-9-14)21-18(23-19)16-12-6-10-13-7-4-5-11-15(13)16;19-13-9-11-14(12-10-13)20-17-7-3-1-5-15(17)16-6-2-4-8-18(16)20;1-5(2,7)6(3,4)8;/h1-24H;1-12H;1-12H;7-8H,1-4H3;. The van der Waals surface area contributed by atoms with Crippen molar-refractivity contribution in [3.63, 3.8) is 0 Å². The number of hydrogen-bond donors (Lipinski definition) is 2. The Hall–Kier alpha value is -9.84. The van der Waals surface area contributed by atoms with Crippen LogP contribution >= 0.6 is 11.6 Å². The molecule has 16 rings (SSSR count). The van der Waals surface area contributed by atoms with Crippen molar-refractivity contribution in [1.82, 2.24) is 39.0 Å². The average molecular weight is 1300 g/mol. The molecule has 0 amide bonds. The number of hydrogen-bond acceptors (Lipinski definition) is 8.